The fourth-order valence-corrected chi connectivity index (χ4v) is 5.31. The Balaban J connectivity index is 1.38. The van der Waals surface area contributed by atoms with E-state index in [1.807, 2.05) is 42.5 Å². The summed E-state index contributed by atoms with van der Waals surface area (Å²) in [5, 5.41) is 2.87. The first-order chi connectivity index (χ1) is 19.6. The van der Waals surface area contributed by atoms with Gasteiger partial charge >= 0.3 is 6.03 Å². The lowest BCUT2D eigenvalue weighted by Crippen LogP contribution is -2.50. The maximum absolute atomic E-state index is 13.7. The summed E-state index contributed by atoms with van der Waals surface area (Å²) < 4.78 is 5.75. The number of fused-ring (bicyclic) bond motifs is 1. The summed E-state index contributed by atoms with van der Waals surface area (Å²) in [7, 11) is 0. The number of oxazole rings is 1. The van der Waals surface area contributed by atoms with Gasteiger partial charge in [0.1, 0.15) is 5.52 Å². The van der Waals surface area contributed by atoms with Gasteiger partial charge in [-0.1, -0.05) is 74.6 Å². The lowest BCUT2D eigenvalue weighted by Gasteiger charge is -2.27. The van der Waals surface area contributed by atoms with Crippen LogP contribution in [0.1, 0.15) is 71.6 Å². The summed E-state index contributed by atoms with van der Waals surface area (Å²) in [5.74, 6) is -0.422. The van der Waals surface area contributed by atoms with Gasteiger partial charge in [-0.15, -0.1) is 0 Å². The molecule has 0 radical (unpaired) electrons. The first kappa shape index (κ1) is 27.2. The molecule has 1 aliphatic rings. The van der Waals surface area contributed by atoms with Gasteiger partial charge in [0.2, 0.25) is 5.78 Å². The predicted octanol–water partition coefficient (Wildman–Crippen LogP) is 6.23. The minimum Gasteiger partial charge on any atom is -0.434 e. The number of aromatic nitrogens is 2. The summed E-state index contributed by atoms with van der Waals surface area (Å²) in [6.45, 7) is 0.278. The molecule has 1 atom stereocenters. The molecule has 2 aromatic heterocycles. The lowest BCUT2D eigenvalue weighted by atomic mass is 9.87. The van der Waals surface area contributed by atoms with Gasteiger partial charge < -0.3 is 9.73 Å². The molecule has 1 aliphatic carbocycles. The molecule has 2 aromatic carbocycles. The number of para-hydroxylation sites is 2. The van der Waals surface area contributed by atoms with Crippen molar-refractivity contribution in [2.24, 2.45) is 5.92 Å². The number of Topliss-reactive ketones (excluding diaryl/α,β-unsaturated/α-hetero) is 1. The number of imide groups is 1. The van der Waals surface area contributed by atoms with Crippen molar-refractivity contribution in [1.82, 2.24) is 20.2 Å². The number of carbonyl (C=O) groups is 3. The number of hydrogen-bond donors (Lipinski definition) is 1. The van der Waals surface area contributed by atoms with Crippen molar-refractivity contribution in [3.8, 4) is 0 Å². The van der Waals surface area contributed by atoms with Crippen LogP contribution in [0.25, 0.3) is 11.1 Å². The third kappa shape index (κ3) is 6.81. The van der Waals surface area contributed by atoms with E-state index in [0.29, 0.717) is 35.4 Å². The molecule has 4 aromatic rings. The number of ketones is 1. The van der Waals surface area contributed by atoms with Crippen molar-refractivity contribution in [2.45, 2.75) is 57.4 Å². The largest absolute Gasteiger partial charge is 0.434 e. The van der Waals surface area contributed by atoms with E-state index >= 15 is 0 Å². The first-order valence-electron chi connectivity index (χ1n) is 14.0. The molecule has 40 heavy (non-hydrogen) atoms. The van der Waals surface area contributed by atoms with Gasteiger partial charge in [-0.3, -0.25) is 19.5 Å². The van der Waals surface area contributed by atoms with E-state index in [1.54, 1.807) is 24.3 Å². The smallest absolute Gasteiger partial charge is 0.324 e. The highest BCUT2D eigenvalue weighted by Gasteiger charge is 2.31. The predicted molar refractivity (Wildman–Crippen MR) is 152 cm³/mol. The van der Waals surface area contributed by atoms with E-state index < -0.39 is 23.8 Å². The van der Waals surface area contributed by atoms with Gasteiger partial charge in [-0.25, -0.2) is 9.78 Å². The molecule has 0 aliphatic heterocycles. The molecular weight excluding hydrogens is 504 g/mol. The zero-order chi connectivity index (χ0) is 27.7. The monoisotopic (exact) mass is 538 g/mol. The zero-order valence-corrected chi connectivity index (χ0v) is 22.5. The van der Waals surface area contributed by atoms with Crippen LogP contribution in [-0.4, -0.2) is 45.2 Å². The van der Waals surface area contributed by atoms with Crippen LogP contribution in [0.3, 0.4) is 0 Å². The van der Waals surface area contributed by atoms with Crippen molar-refractivity contribution < 1.29 is 18.8 Å². The van der Waals surface area contributed by atoms with E-state index in [-0.39, 0.29) is 12.4 Å². The summed E-state index contributed by atoms with van der Waals surface area (Å²) >= 11 is 0. The number of amides is 3. The molecule has 0 saturated heterocycles. The topological polar surface area (TPSA) is 105 Å². The van der Waals surface area contributed by atoms with Gasteiger partial charge in [0.15, 0.2) is 5.58 Å². The highest BCUT2D eigenvalue weighted by Crippen LogP contribution is 2.27. The van der Waals surface area contributed by atoms with E-state index in [4.69, 9.17) is 4.42 Å². The molecule has 2 heterocycles. The van der Waals surface area contributed by atoms with Gasteiger partial charge in [0.25, 0.3) is 11.8 Å². The molecule has 3 amide bonds. The molecular formula is C32H34N4O4. The molecule has 8 nitrogen and oxygen atoms in total. The van der Waals surface area contributed by atoms with Crippen LogP contribution in [0.5, 0.6) is 0 Å². The van der Waals surface area contributed by atoms with Crippen molar-refractivity contribution in [1.29, 1.82) is 0 Å². The summed E-state index contributed by atoms with van der Waals surface area (Å²) in [4.78, 5) is 50.5. The minimum atomic E-state index is -0.928. The van der Waals surface area contributed by atoms with Crippen LogP contribution in [0.4, 0.5) is 4.79 Å². The number of rotatable bonds is 10. The molecule has 5 rings (SSSR count). The van der Waals surface area contributed by atoms with Crippen LogP contribution in [0.15, 0.2) is 83.5 Å². The summed E-state index contributed by atoms with van der Waals surface area (Å²) in [5.41, 5.74) is 2.48. The maximum atomic E-state index is 13.7. The van der Waals surface area contributed by atoms with Gasteiger partial charge in [-0.05, 0) is 55.0 Å². The molecule has 0 unspecified atom stereocenters. The molecule has 1 N–H and O–H groups in total. The summed E-state index contributed by atoms with van der Waals surface area (Å²) in [6, 6.07) is 18.6. The molecule has 1 saturated carbocycles. The number of carbonyl (C=O) groups excluding carboxylic acids is 3. The second-order valence-electron chi connectivity index (χ2n) is 10.4. The van der Waals surface area contributed by atoms with Crippen molar-refractivity contribution in [3.63, 3.8) is 0 Å². The quantitative estimate of drug-likeness (QED) is 0.240. The Kier molecular flexibility index (Phi) is 8.96. The Hall–Kier alpha value is -4.33. The van der Waals surface area contributed by atoms with Crippen LogP contribution in [0, 0.1) is 5.92 Å². The Morgan fingerprint density at radius 2 is 1.65 bits per heavy atom. The highest BCUT2D eigenvalue weighted by molar-refractivity contribution is 6.06. The van der Waals surface area contributed by atoms with Crippen molar-refractivity contribution >= 4 is 28.8 Å². The van der Waals surface area contributed by atoms with Crippen LogP contribution in [-0.2, 0) is 6.42 Å². The van der Waals surface area contributed by atoms with E-state index in [0.717, 1.165) is 24.8 Å². The Morgan fingerprint density at radius 1 is 0.925 bits per heavy atom. The Labute approximate surface area is 233 Å². The second kappa shape index (κ2) is 13.2. The standard InChI is InChI=1S/C32H34N4O4/c37-29(30-34-26-13-7-8-14-28(26)40-30)27(16-15-23-9-3-1-4-10-23)35-32(39)36(22-19-24-11-5-2-6-12-24)31(38)25-17-20-33-21-18-25/h1,3-4,7-10,13-14,17-18,20-21,24,27H,2,5-6,11-12,15-16,19,22H2,(H,35,39)/t27-/m0/s1. The van der Waals surface area contributed by atoms with Crippen LogP contribution < -0.4 is 5.32 Å². The van der Waals surface area contributed by atoms with Crippen LogP contribution in [0.2, 0.25) is 0 Å². The number of nitrogens with zero attached hydrogens (tertiary/aromatic N) is 3. The van der Waals surface area contributed by atoms with E-state index in [1.165, 1.54) is 36.6 Å². The van der Waals surface area contributed by atoms with Crippen molar-refractivity contribution in [2.75, 3.05) is 6.54 Å². The van der Waals surface area contributed by atoms with E-state index in [2.05, 4.69) is 15.3 Å². The fourth-order valence-electron chi connectivity index (χ4n) is 5.31. The van der Waals surface area contributed by atoms with Crippen LogP contribution >= 0.6 is 0 Å². The normalized spacial score (nSPS) is 14.5. The van der Waals surface area contributed by atoms with Gasteiger partial charge in [0, 0.05) is 24.5 Å². The number of nitrogens with one attached hydrogen (secondary N) is 1. The number of urea groups is 1. The fraction of sp³-hybridized carbons (Fsp3) is 0.344. The summed E-state index contributed by atoms with van der Waals surface area (Å²) in [6.07, 6.45) is 10.5. The van der Waals surface area contributed by atoms with Crippen molar-refractivity contribution in [3.05, 3.63) is 96.1 Å². The zero-order valence-electron chi connectivity index (χ0n) is 22.5. The molecule has 0 bridgehead atoms. The third-order valence-corrected chi connectivity index (χ3v) is 7.59. The SMILES string of the molecule is O=C(c1nc2ccccc2o1)[C@H](CCc1ccccc1)NC(=O)N(CCC1CCCCC1)C(=O)c1ccncc1. The molecule has 1 fully saturated rings. The molecule has 0 spiro atoms. The highest BCUT2D eigenvalue weighted by atomic mass is 16.4. The molecule has 206 valence electrons. The molecule has 8 heteroatoms. The first-order valence-corrected chi connectivity index (χ1v) is 14.0. The minimum absolute atomic E-state index is 0.0613. The number of benzene rings is 2. The number of pyridine rings is 1. The third-order valence-electron chi connectivity index (χ3n) is 7.59. The Morgan fingerprint density at radius 3 is 2.40 bits per heavy atom. The number of aryl methyl sites for hydroxylation is 1. The second-order valence-corrected chi connectivity index (χ2v) is 10.4. The van der Waals surface area contributed by atoms with E-state index in [9.17, 15) is 14.4 Å². The lowest BCUT2D eigenvalue weighted by molar-refractivity contribution is 0.0772. The average molecular weight is 539 g/mol. The van der Waals surface area contributed by atoms with Gasteiger partial charge in [-0.2, -0.15) is 0 Å². The number of hydrogen-bond acceptors (Lipinski definition) is 6. The maximum Gasteiger partial charge on any atom is 0.324 e. The average Bonchev–Trinajstić information content (AvgIpc) is 3.45. The van der Waals surface area contributed by atoms with Gasteiger partial charge in [0.05, 0.1) is 6.04 Å². The Bertz CT molecular complexity index is 1400.